The zero-order valence-electron chi connectivity index (χ0n) is 17.3. The van der Waals surface area contributed by atoms with E-state index in [9.17, 15) is 9.59 Å². The molecule has 0 radical (unpaired) electrons. The molecule has 0 spiro atoms. The molecule has 1 heterocycles. The Balaban J connectivity index is 1.55. The highest BCUT2D eigenvalue weighted by Gasteiger charge is 2.18. The van der Waals surface area contributed by atoms with Gasteiger partial charge < -0.3 is 15.0 Å². The lowest BCUT2D eigenvalue weighted by atomic mass is 10.1. The highest BCUT2D eigenvalue weighted by Crippen LogP contribution is 2.20. The lowest BCUT2D eigenvalue weighted by Crippen LogP contribution is -2.39. The van der Waals surface area contributed by atoms with Crippen molar-refractivity contribution in [3.63, 3.8) is 0 Å². The average Bonchev–Trinajstić information content (AvgIpc) is 3.32. The first-order valence-electron chi connectivity index (χ1n) is 9.71. The number of hydrogen-bond donors (Lipinski definition) is 1. The van der Waals surface area contributed by atoms with Crippen molar-refractivity contribution >= 4 is 11.8 Å². The molecule has 156 valence electrons. The summed E-state index contributed by atoms with van der Waals surface area (Å²) in [5.41, 5.74) is 2.35. The summed E-state index contributed by atoms with van der Waals surface area (Å²) in [6, 6.07) is 14.4. The Labute approximate surface area is 175 Å². The van der Waals surface area contributed by atoms with Gasteiger partial charge in [0.05, 0.1) is 24.9 Å². The van der Waals surface area contributed by atoms with Crippen molar-refractivity contribution in [2.75, 3.05) is 20.2 Å². The first kappa shape index (κ1) is 21.0. The van der Waals surface area contributed by atoms with Crippen molar-refractivity contribution in [1.82, 2.24) is 25.0 Å². The Hall–Kier alpha value is -3.68. The summed E-state index contributed by atoms with van der Waals surface area (Å²) in [5.74, 6) is 0.222. The topological polar surface area (TPSA) is 89.4 Å². The number of benzene rings is 2. The number of carbonyl (C=O) groups excluding carboxylic acids is 2. The molecule has 1 atom stereocenters. The third-order valence-corrected chi connectivity index (χ3v) is 4.86. The monoisotopic (exact) mass is 407 g/mol. The van der Waals surface area contributed by atoms with E-state index in [1.807, 2.05) is 38.1 Å². The number of nitrogens with zero attached hydrogens (tertiary/aromatic N) is 4. The van der Waals surface area contributed by atoms with E-state index in [4.69, 9.17) is 4.74 Å². The fourth-order valence-electron chi connectivity index (χ4n) is 2.94. The molecule has 8 heteroatoms. The molecular weight excluding hydrogens is 382 g/mol. The largest absolute Gasteiger partial charge is 0.494 e. The normalized spacial score (nSPS) is 11.6. The number of carbonyl (C=O) groups is 2. The first-order chi connectivity index (χ1) is 14.5. The van der Waals surface area contributed by atoms with Gasteiger partial charge in [0.15, 0.2) is 0 Å². The first-order valence-corrected chi connectivity index (χ1v) is 9.71. The SMILES string of the molecule is CCOc1ccc(C(=O)NCC(=O)N(C)[C@H](C)c2ccc(-n3cncn3)cc2)cc1. The van der Waals surface area contributed by atoms with Crippen LogP contribution in [0.5, 0.6) is 5.75 Å². The smallest absolute Gasteiger partial charge is 0.251 e. The van der Waals surface area contributed by atoms with Crippen LogP contribution in [0.3, 0.4) is 0 Å². The Morgan fingerprint density at radius 2 is 1.83 bits per heavy atom. The summed E-state index contributed by atoms with van der Waals surface area (Å²) in [7, 11) is 1.72. The van der Waals surface area contributed by atoms with Gasteiger partial charge in [-0.3, -0.25) is 9.59 Å². The van der Waals surface area contributed by atoms with Crippen LogP contribution in [-0.2, 0) is 4.79 Å². The molecule has 30 heavy (non-hydrogen) atoms. The predicted molar refractivity (Wildman–Crippen MR) is 112 cm³/mol. The zero-order valence-corrected chi connectivity index (χ0v) is 17.3. The van der Waals surface area contributed by atoms with Gasteiger partial charge in [-0.05, 0) is 55.8 Å². The second kappa shape index (κ2) is 9.69. The van der Waals surface area contributed by atoms with Crippen LogP contribution in [0, 0.1) is 0 Å². The number of nitrogens with one attached hydrogen (secondary N) is 1. The van der Waals surface area contributed by atoms with Crippen LogP contribution in [0.4, 0.5) is 0 Å². The molecule has 0 unspecified atom stereocenters. The van der Waals surface area contributed by atoms with E-state index in [-0.39, 0.29) is 24.4 Å². The third-order valence-electron chi connectivity index (χ3n) is 4.86. The van der Waals surface area contributed by atoms with E-state index >= 15 is 0 Å². The highest BCUT2D eigenvalue weighted by atomic mass is 16.5. The van der Waals surface area contributed by atoms with Gasteiger partial charge in [0, 0.05) is 12.6 Å². The second-order valence-electron chi connectivity index (χ2n) is 6.75. The van der Waals surface area contributed by atoms with Crippen molar-refractivity contribution in [3.8, 4) is 11.4 Å². The van der Waals surface area contributed by atoms with E-state index < -0.39 is 0 Å². The summed E-state index contributed by atoms with van der Waals surface area (Å²) < 4.78 is 7.03. The van der Waals surface area contributed by atoms with Crippen molar-refractivity contribution in [2.45, 2.75) is 19.9 Å². The molecular formula is C22H25N5O3. The van der Waals surface area contributed by atoms with E-state index in [0.29, 0.717) is 17.9 Å². The molecule has 0 aliphatic heterocycles. The van der Waals surface area contributed by atoms with Gasteiger partial charge in [-0.25, -0.2) is 9.67 Å². The van der Waals surface area contributed by atoms with Gasteiger partial charge in [-0.2, -0.15) is 5.10 Å². The fraction of sp³-hybridized carbons (Fsp3) is 0.273. The molecule has 3 aromatic rings. The van der Waals surface area contributed by atoms with Gasteiger partial charge >= 0.3 is 0 Å². The van der Waals surface area contributed by atoms with Crippen LogP contribution >= 0.6 is 0 Å². The van der Waals surface area contributed by atoms with E-state index in [2.05, 4.69) is 15.4 Å². The minimum Gasteiger partial charge on any atom is -0.494 e. The molecule has 0 bridgehead atoms. The molecule has 0 saturated heterocycles. The summed E-state index contributed by atoms with van der Waals surface area (Å²) in [4.78, 5) is 30.4. The minimum atomic E-state index is -0.301. The van der Waals surface area contributed by atoms with Gasteiger partial charge in [-0.1, -0.05) is 12.1 Å². The molecule has 0 aliphatic carbocycles. The maximum atomic E-state index is 12.6. The molecule has 1 N–H and O–H groups in total. The van der Waals surface area contributed by atoms with Crippen LogP contribution in [-0.4, -0.2) is 51.7 Å². The average molecular weight is 407 g/mol. The zero-order chi connectivity index (χ0) is 21.5. The highest BCUT2D eigenvalue weighted by molar-refractivity contribution is 5.96. The summed E-state index contributed by atoms with van der Waals surface area (Å²) >= 11 is 0. The molecule has 2 amide bonds. The maximum Gasteiger partial charge on any atom is 0.251 e. The van der Waals surface area contributed by atoms with Crippen LogP contribution in [0.2, 0.25) is 0 Å². The fourth-order valence-corrected chi connectivity index (χ4v) is 2.94. The van der Waals surface area contributed by atoms with E-state index in [0.717, 1.165) is 11.3 Å². The van der Waals surface area contributed by atoms with Crippen LogP contribution in [0.15, 0.2) is 61.2 Å². The quantitative estimate of drug-likeness (QED) is 0.620. The number of likely N-dealkylation sites (N-methyl/N-ethyl adjacent to an activating group) is 1. The standard InChI is InChI=1S/C22H25N5O3/c1-4-30-20-11-7-18(8-12-20)22(29)24-13-21(28)26(3)16(2)17-5-9-19(10-6-17)27-15-23-14-25-27/h5-12,14-16H,4,13H2,1-3H3,(H,24,29)/t16-/m1/s1. The summed E-state index contributed by atoms with van der Waals surface area (Å²) in [5, 5.41) is 6.77. The number of ether oxygens (including phenoxy) is 1. The molecule has 3 rings (SSSR count). The van der Waals surface area contributed by atoms with Crippen LogP contribution in [0.1, 0.15) is 35.8 Å². The molecule has 1 aromatic heterocycles. The lowest BCUT2D eigenvalue weighted by molar-refractivity contribution is -0.130. The van der Waals surface area contributed by atoms with E-state index in [1.54, 1.807) is 47.2 Å². The summed E-state index contributed by atoms with van der Waals surface area (Å²) in [6.45, 7) is 4.32. The molecule has 8 nitrogen and oxygen atoms in total. The molecule has 0 saturated carbocycles. The number of hydrogen-bond acceptors (Lipinski definition) is 5. The Bertz CT molecular complexity index is 969. The molecule has 0 fully saturated rings. The third kappa shape index (κ3) is 5.02. The molecule has 2 aromatic carbocycles. The van der Waals surface area contributed by atoms with Gasteiger partial charge in [-0.15, -0.1) is 0 Å². The van der Waals surface area contributed by atoms with Gasteiger partial charge in [0.2, 0.25) is 5.91 Å². The number of amides is 2. The second-order valence-corrected chi connectivity index (χ2v) is 6.75. The van der Waals surface area contributed by atoms with Crippen molar-refractivity contribution in [1.29, 1.82) is 0 Å². The van der Waals surface area contributed by atoms with Crippen LogP contribution < -0.4 is 10.1 Å². The predicted octanol–water partition coefficient (Wildman–Crippen LogP) is 2.62. The van der Waals surface area contributed by atoms with Gasteiger partial charge in [0.1, 0.15) is 18.4 Å². The van der Waals surface area contributed by atoms with E-state index in [1.165, 1.54) is 6.33 Å². The van der Waals surface area contributed by atoms with Crippen molar-refractivity contribution < 1.29 is 14.3 Å². The van der Waals surface area contributed by atoms with Gasteiger partial charge in [0.25, 0.3) is 5.91 Å². The van der Waals surface area contributed by atoms with Crippen molar-refractivity contribution in [2.24, 2.45) is 0 Å². The number of rotatable bonds is 8. The minimum absolute atomic E-state index is 0.0794. The molecule has 0 aliphatic rings. The van der Waals surface area contributed by atoms with Crippen LogP contribution in [0.25, 0.3) is 5.69 Å². The lowest BCUT2D eigenvalue weighted by Gasteiger charge is -2.25. The number of aromatic nitrogens is 3. The summed E-state index contributed by atoms with van der Waals surface area (Å²) in [6.07, 6.45) is 3.10. The van der Waals surface area contributed by atoms with Crippen molar-refractivity contribution in [3.05, 3.63) is 72.3 Å². The Kier molecular flexibility index (Phi) is 6.79. The maximum absolute atomic E-state index is 12.6. The Morgan fingerprint density at radius 1 is 1.13 bits per heavy atom. The Morgan fingerprint density at radius 3 is 2.43 bits per heavy atom.